The molecule has 0 unspecified atom stereocenters. The smallest absolute Gasteiger partial charge is 0.322 e. The second kappa shape index (κ2) is 25.7. The third-order valence-electron chi connectivity index (χ3n) is 7.92. The topological polar surface area (TPSA) is 333 Å². The Hall–Kier alpha value is -5.28. The molecule has 0 aromatic heterocycles. The molecular weight excluding hydrogens is 762 g/mol. The molecule has 0 fully saturated rings. The van der Waals surface area contributed by atoms with E-state index in [-0.39, 0.29) is 18.6 Å². The second-order valence-corrected chi connectivity index (χ2v) is 14.4. The number of ketones is 1. The average Bonchev–Trinajstić information content (AvgIpc) is 3.10. The molecule has 0 saturated carbocycles. The molecule has 0 aromatic carbocycles. The van der Waals surface area contributed by atoms with Crippen LogP contribution in [0.4, 0.5) is 0 Å². The second-order valence-electron chi connectivity index (χ2n) is 13.4. The molecule has 316 valence electrons. The molecule has 6 atom stereocenters. The zero-order valence-corrected chi connectivity index (χ0v) is 33.3. The van der Waals surface area contributed by atoms with Crippen molar-refractivity contribution in [3.63, 3.8) is 0 Å². The first-order chi connectivity index (χ1) is 26.0. The Morgan fingerprint density at radius 1 is 0.536 bits per heavy atom. The van der Waals surface area contributed by atoms with E-state index in [0.29, 0.717) is 6.42 Å². The van der Waals surface area contributed by atoms with Crippen molar-refractivity contribution in [2.24, 2.45) is 11.8 Å². The third-order valence-corrected chi connectivity index (χ3v) is 8.58. The van der Waals surface area contributed by atoms with Crippen molar-refractivity contribution in [2.45, 2.75) is 116 Å². The maximum absolute atomic E-state index is 13.6. The monoisotopic (exact) mass is 817 g/mol. The van der Waals surface area contributed by atoms with Crippen molar-refractivity contribution in [3.05, 3.63) is 0 Å². The highest BCUT2D eigenvalue weighted by molar-refractivity contribution is 7.98. The number of carboxylic acids is 3. The molecule has 22 heteroatoms. The van der Waals surface area contributed by atoms with Gasteiger partial charge in [-0.25, -0.2) is 0 Å². The summed E-state index contributed by atoms with van der Waals surface area (Å²) in [6, 6.07) is -8.16. The number of hydrogen-bond donors (Lipinski definition) is 10. The van der Waals surface area contributed by atoms with Gasteiger partial charge < -0.3 is 52.5 Å². The Balaban J connectivity index is 6.14. The summed E-state index contributed by atoms with van der Waals surface area (Å²) in [7, 11) is 0. The lowest BCUT2D eigenvalue weighted by Gasteiger charge is -2.30. The molecule has 0 aliphatic carbocycles. The minimum Gasteiger partial charge on any atom is -0.481 e. The summed E-state index contributed by atoms with van der Waals surface area (Å²) >= 11 is 1.16. The van der Waals surface area contributed by atoms with Gasteiger partial charge >= 0.3 is 17.9 Å². The standard InChI is InChI=1S/C34H55N7O14S/c1-8-9-19(28(49)34(55)35-14-25(47)48)37-31(52)22(15-56-7)39-32(53)26(16(2)3)41-33(54)27(17(4)5)40-30(51)21(11-13-24(45)46)38-29(50)20(36-18(6)42)10-12-23(43)44/h16-17,19-22,26-27H,8-15H2,1-7H3,(H,35,55)(H,36,42)(H,37,52)(H,38,50)(H,39,53)(H,40,51)(H,41,54)(H,43,44)(H,45,46)(H,47,48)/t19-,20-,21-,22-,26-,27-/m0/s1. The summed E-state index contributed by atoms with van der Waals surface area (Å²) in [5, 5.41) is 43.7. The number of amides is 7. The van der Waals surface area contributed by atoms with E-state index in [9.17, 15) is 57.8 Å². The van der Waals surface area contributed by atoms with Crippen LogP contribution < -0.4 is 37.2 Å². The fourth-order valence-corrected chi connectivity index (χ4v) is 5.57. The van der Waals surface area contributed by atoms with Crippen molar-refractivity contribution < 1.29 is 68.1 Å². The van der Waals surface area contributed by atoms with Gasteiger partial charge in [0.2, 0.25) is 41.2 Å². The highest BCUT2D eigenvalue weighted by atomic mass is 32.2. The normalized spacial score (nSPS) is 14.1. The van der Waals surface area contributed by atoms with Crippen LogP contribution in [0.1, 0.15) is 80.1 Å². The van der Waals surface area contributed by atoms with Crippen molar-refractivity contribution in [1.29, 1.82) is 0 Å². The van der Waals surface area contributed by atoms with Crippen LogP contribution in [0, 0.1) is 11.8 Å². The Bertz CT molecular complexity index is 1460. The van der Waals surface area contributed by atoms with E-state index in [0.717, 1.165) is 18.7 Å². The fraction of sp³-hybridized carbons (Fsp3) is 0.676. The lowest BCUT2D eigenvalue weighted by molar-refractivity contribution is -0.143. The van der Waals surface area contributed by atoms with Crippen LogP contribution in [0.5, 0.6) is 0 Å². The number of thioether (sulfide) groups is 1. The predicted molar refractivity (Wildman–Crippen MR) is 200 cm³/mol. The molecule has 56 heavy (non-hydrogen) atoms. The zero-order valence-electron chi connectivity index (χ0n) is 32.5. The lowest BCUT2D eigenvalue weighted by Crippen LogP contribution is -2.61. The first-order valence-electron chi connectivity index (χ1n) is 17.8. The number of hydrogen-bond acceptors (Lipinski definition) is 12. The molecular formula is C34H55N7O14S. The van der Waals surface area contributed by atoms with E-state index < -0.39 is 139 Å². The van der Waals surface area contributed by atoms with Gasteiger partial charge in [0.25, 0.3) is 5.91 Å². The first-order valence-corrected chi connectivity index (χ1v) is 19.2. The molecule has 21 nitrogen and oxygen atoms in total. The van der Waals surface area contributed by atoms with Gasteiger partial charge in [-0.2, -0.15) is 11.8 Å². The molecule has 7 amide bonds. The van der Waals surface area contributed by atoms with Crippen molar-refractivity contribution in [1.82, 2.24) is 37.2 Å². The van der Waals surface area contributed by atoms with Gasteiger partial charge in [0.1, 0.15) is 36.8 Å². The molecule has 0 aliphatic rings. The van der Waals surface area contributed by atoms with Crippen molar-refractivity contribution in [3.8, 4) is 0 Å². The minimum atomic E-state index is -1.55. The minimum absolute atomic E-state index is 0.00180. The Labute approximate surface area is 328 Å². The largest absolute Gasteiger partial charge is 0.481 e. The van der Waals surface area contributed by atoms with E-state index in [2.05, 4.69) is 31.9 Å². The van der Waals surface area contributed by atoms with E-state index >= 15 is 0 Å². The highest BCUT2D eigenvalue weighted by Crippen LogP contribution is 2.11. The van der Waals surface area contributed by atoms with E-state index in [1.807, 2.05) is 5.32 Å². The van der Waals surface area contributed by atoms with Crippen LogP contribution in [0.25, 0.3) is 0 Å². The number of rotatable bonds is 27. The number of aliphatic carboxylic acids is 3. The average molecular weight is 818 g/mol. The SMILES string of the molecule is CCC[C@H](NC(=O)[C@H](CSC)NC(=O)[C@@H](NC(=O)[C@@H](NC(=O)[C@H](CCC(=O)O)NC(=O)[C@H](CCC(=O)O)NC(C)=O)C(C)C)C(C)C)C(=O)C(=O)NCC(=O)O. The predicted octanol–water partition coefficient (Wildman–Crippen LogP) is -2.11. The first kappa shape index (κ1) is 50.7. The van der Waals surface area contributed by atoms with Crippen LogP contribution in [0.3, 0.4) is 0 Å². The summed E-state index contributed by atoms with van der Waals surface area (Å²) in [6.45, 7) is 8.27. The number of Topliss-reactive ketones (excluding diaryl/α,β-unsaturated/α-hetero) is 1. The summed E-state index contributed by atoms with van der Waals surface area (Å²) in [5.74, 6) is -12.6. The zero-order chi connectivity index (χ0) is 43.3. The maximum Gasteiger partial charge on any atom is 0.322 e. The Kier molecular flexibility index (Phi) is 23.3. The quantitative estimate of drug-likeness (QED) is 0.0397. The van der Waals surface area contributed by atoms with Crippen LogP contribution in [-0.4, -0.2) is 135 Å². The van der Waals surface area contributed by atoms with Gasteiger partial charge in [0.05, 0.1) is 6.04 Å². The van der Waals surface area contributed by atoms with Crippen molar-refractivity contribution >= 4 is 76.8 Å². The summed E-state index contributed by atoms with van der Waals surface area (Å²) < 4.78 is 0. The number of nitrogens with one attached hydrogen (secondary N) is 7. The summed E-state index contributed by atoms with van der Waals surface area (Å²) in [6.07, 6.45) is 0.128. The molecule has 0 heterocycles. The Morgan fingerprint density at radius 3 is 1.38 bits per heavy atom. The summed E-state index contributed by atoms with van der Waals surface area (Å²) in [4.78, 5) is 137. The van der Waals surface area contributed by atoms with Gasteiger partial charge in [-0.1, -0.05) is 41.0 Å². The molecule has 0 bridgehead atoms. The number of carbonyl (C=O) groups excluding carboxylic acids is 8. The summed E-state index contributed by atoms with van der Waals surface area (Å²) in [5.41, 5.74) is 0. The maximum atomic E-state index is 13.6. The number of carboxylic acid groups (broad SMARTS) is 3. The fourth-order valence-electron chi connectivity index (χ4n) is 5.00. The van der Waals surface area contributed by atoms with Gasteiger partial charge in [0.15, 0.2) is 0 Å². The van der Waals surface area contributed by atoms with E-state index in [4.69, 9.17) is 10.2 Å². The molecule has 0 spiro atoms. The van der Waals surface area contributed by atoms with Gasteiger partial charge in [-0.15, -0.1) is 0 Å². The van der Waals surface area contributed by atoms with Gasteiger partial charge in [0, 0.05) is 25.5 Å². The molecule has 0 radical (unpaired) electrons. The van der Waals surface area contributed by atoms with E-state index in [1.54, 1.807) is 40.9 Å². The number of carbonyl (C=O) groups is 11. The lowest BCUT2D eigenvalue weighted by atomic mass is 9.98. The molecule has 0 rings (SSSR count). The molecule has 0 aliphatic heterocycles. The highest BCUT2D eigenvalue weighted by Gasteiger charge is 2.36. The molecule has 0 saturated heterocycles. The molecule has 0 aromatic rings. The third kappa shape index (κ3) is 19.4. The van der Waals surface area contributed by atoms with Crippen LogP contribution in [-0.2, 0) is 52.7 Å². The van der Waals surface area contributed by atoms with Crippen LogP contribution >= 0.6 is 11.8 Å². The van der Waals surface area contributed by atoms with Crippen LogP contribution in [0.15, 0.2) is 0 Å². The molecule has 10 N–H and O–H groups in total. The van der Waals surface area contributed by atoms with Crippen molar-refractivity contribution in [2.75, 3.05) is 18.6 Å². The Morgan fingerprint density at radius 2 is 0.946 bits per heavy atom. The van der Waals surface area contributed by atoms with Gasteiger partial charge in [-0.3, -0.25) is 52.7 Å². The van der Waals surface area contributed by atoms with Crippen LogP contribution in [0.2, 0.25) is 0 Å². The van der Waals surface area contributed by atoms with E-state index in [1.165, 1.54) is 0 Å². The van der Waals surface area contributed by atoms with Gasteiger partial charge in [-0.05, 0) is 37.4 Å².